The van der Waals surface area contributed by atoms with Crippen LogP contribution < -0.4 is 0 Å². The number of benzene rings is 1. The molecule has 1 saturated heterocycles. The number of nitrogens with zero attached hydrogens (tertiary/aromatic N) is 4. The van der Waals surface area contributed by atoms with Gasteiger partial charge in [-0.3, -0.25) is 4.90 Å². The van der Waals surface area contributed by atoms with Gasteiger partial charge >= 0.3 is 0 Å². The number of halogens is 1. The minimum atomic E-state index is -0.0741. The Kier molecular flexibility index (Phi) is 4.43. The molecule has 7 heteroatoms. The molecule has 0 radical (unpaired) electrons. The van der Waals surface area contributed by atoms with Crippen molar-refractivity contribution in [1.82, 2.24) is 19.5 Å². The second-order valence-electron chi connectivity index (χ2n) is 6.79. The molecule has 1 aromatic carbocycles. The van der Waals surface area contributed by atoms with Crippen molar-refractivity contribution in [3.63, 3.8) is 0 Å². The predicted octanol–water partition coefficient (Wildman–Crippen LogP) is 4.28. The van der Waals surface area contributed by atoms with Crippen molar-refractivity contribution in [3.05, 3.63) is 45.6 Å². The fraction of sp³-hybridized carbons (Fsp3) is 0.444. The number of hydrogen-bond donors (Lipinski definition) is 1. The normalized spacial score (nSPS) is 18.0. The van der Waals surface area contributed by atoms with Crippen LogP contribution in [0.25, 0.3) is 4.96 Å². The maximum atomic E-state index is 10.8. The third-order valence-corrected chi connectivity index (χ3v) is 6.35. The van der Waals surface area contributed by atoms with Crippen LogP contribution in [0.1, 0.15) is 42.1 Å². The van der Waals surface area contributed by atoms with Gasteiger partial charge in [-0.15, -0.1) is 5.10 Å². The Hall–Kier alpha value is -1.63. The Morgan fingerprint density at radius 2 is 2.00 bits per heavy atom. The molecule has 5 nitrogen and oxygen atoms in total. The van der Waals surface area contributed by atoms with Gasteiger partial charge in [0.05, 0.1) is 10.9 Å². The van der Waals surface area contributed by atoms with Crippen LogP contribution >= 0.6 is 22.9 Å². The van der Waals surface area contributed by atoms with Crippen LogP contribution in [-0.4, -0.2) is 37.7 Å². The third kappa shape index (κ3) is 3.03. The van der Waals surface area contributed by atoms with E-state index < -0.39 is 0 Å². The lowest BCUT2D eigenvalue weighted by Crippen LogP contribution is -2.36. The van der Waals surface area contributed by atoms with Crippen LogP contribution in [0, 0.1) is 12.8 Å². The largest absolute Gasteiger partial charge is 0.492 e. The highest BCUT2D eigenvalue weighted by Gasteiger charge is 2.32. The van der Waals surface area contributed by atoms with E-state index in [9.17, 15) is 5.11 Å². The highest BCUT2D eigenvalue weighted by Crippen LogP contribution is 2.43. The minimum Gasteiger partial charge on any atom is -0.492 e. The van der Waals surface area contributed by atoms with E-state index in [1.807, 2.05) is 31.2 Å². The van der Waals surface area contributed by atoms with E-state index in [1.165, 1.54) is 15.9 Å². The SMILES string of the molecule is Cc1nc2sc([C@@H](c3ccccc3Cl)N3CCC(C)CC3)c(O)n2n1. The maximum absolute atomic E-state index is 10.8. The smallest absolute Gasteiger partial charge is 0.230 e. The second-order valence-corrected chi connectivity index (χ2v) is 8.20. The van der Waals surface area contributed by atoms with Crippen molar-refractivity contribution in [1.29, 1.82) is 0 Å². The molecule has 1 fully saturated rings. The summed E-state index contributed by atoms with van der Waals surface area (Å²) in [6.07, 6.45) is 2.31. The summed E-state index contributed by atoms with van der Waals surface area (Å²) in [4.78, 5) is 8.40. The predicted molar refractivity (Wildman–Crippen MR) is 101 cm³/mol. The molecule has 0 saturated carbocycles. The molecule has 0 aliphatic carbocycles. The molecule has 2 aromatic heterocycles. The molecule has 0 spiro atoms. The Morgan fingerprint density at radius 3 is 2.68 bits per heavy atom. The first-order valence-electron chi connectivity index (χ1n) is 8.58. The lowest BCUT2D eigenvalue weighted by molar-refractivity contribution is 0.157. The van der Waals surface area contributed by atoms with Crippen molar-refractivity contribution in [2.75, 3.05) is 13.1 Å². The quantitative estimate of drug-likeness (QED) is 0.741. The monoisotopic (exact) mass is 376 g/mol. The zero-order chi connectivity index (χ0) is 17.6. The number of likely N-dealkylation sites (tertiary alicyclic amines) is 1. The van der Waals surface area contributed by atoms with E-state index in [2.05, 4.69) is 21.9 Å². The van der Waals surface area contributed by atoms with Crippen LogP contribution in [-0.2, 0) is 0 Å². The average molecular weight is 377 g/mol. The Labute approximate surface area is 155 Å². The van der Waals surface area contributed by atoms with Crippen molar-refractivity contribution < 1.29 is 5.11 Å². The zero-order valence-electron chi connectivity index (χ0n) is 14.3. The summed E-state index contributed by atoms with van der Waals surface area (Å²) in [5.74, 6) is 1.57. The Morgan fingerprint density at radius 1 is 1.28 bits per heavy atom. The lowest BCUT2D eigenvalue weighted by atomic mass is 9.95. The van der Waals surface area contributed by atoms with E-state index >= 15 is 0 Å². The molecular weight excluding hydrogens is 356 g/mol. The second kappa shape index (κ2) is 6.59. The minimum absolute atomic E-state index is 0.0741. The summed E-state index contributed by atoms with van der Waals surface area (Å²) in [5, 5.41) is 15.8. The molecule has 4 rings (SSSR count). The highest BCUT2D eigenvalue weighted by atomic mass is 35.5. The van der Waals surface area contributed by atoms with Crippen LogP contribution in [0.3, 0.4) is 0 Å². The molecular formula is C18H21ClN4OS. The van der Waals surface area contributed by atoms with Crippen LogP contribution in [0.2, 0.25) is 5.02 Å². The standard InChI is InChI=1S/C18H21ClN4OS/c1-11-7-9-22(10-8-11)15(13-5-3-4-6-14(13)19)16-17(24)23-18(25-16)20-12(2)21-23/h3-6,11,15,24H,7-10H2,1-2H3/t15-/m1/s1. The van der Waals surface area contributed by atoms with E-state index in [4.69, 9.17) is 11.6 Å². The number of fused-ring (bicyclic) bond motifs is 1. The molecule has 25 heavy (non-hydrogen) atoms. The molecule has 3 aromatic rings. The van der Waals surface area contributed by atoms with E-state index in [-0.39, 0.29) is 11.9 Å². The van der Waals surface area contributed by atoms with Gasteiger partial charge in [0.15, 0.2) is 0 Å². The van der Waals surface area contributed by atoms with Gasteiger partial charge < -0.3 is 5.11 Å². The number of rotatable bonds is 3. The van der Waals surface area contributed by atoms with Crippen molar-refractivity contribution in [2.24, 2.45) is 5.92 Å². The zero-order valence-corrected chi connectivity index (χ0v) is 15.9. The fourth-order valence-corrected chi connectivity index (χ4v) is 4.91. The van der Waals surface area contributed by atoms with Crippen molar-refractivity contribution in [3.8, 4) is 5.88 Å². The molecule has 1 aliphatic heterocycles. The number of thiazole rings is 1. The van der Waals surface area contributed by atoms with Gasteiger partial charge in [-0.05, 0) is 50.4 Å². The van der Waals surface area contributed by atoms with Gasteiger partial charge in [0.2, 0.25) is 10.8 Å². The summed E-state index contributed by atoms with van der Waals surface area (Å²) in [5.41, 5.74) is 1.02. The first kappa shape index (κ1) is 16.8. The molecule has 1 N–H and O–H groups in total. The summed E-state index contributed by atoms with van der Waals surface area (Å²) >= 11 is 8.02. The average Bonchev–Trinajstić information content (AvgIpc) is 3.09. The van der Waals surface area contributed by atoms with Crippen LogP contribution in [0.4, 0.5) is 0 Å². The first-order chi connectivity index (χ1) is 12.0. The summed E-state index contributed by atoms with van der Waals surface area (Å²) in [6.45, 7) is 6.11. The van der Waals surface area contributed by atoms with Gasteiger partial charge in [-0.1, -0.05) is 48.1 Å². The van der Waals surface area contributed by atoms with Gasteiger partial charge in [-0.2, -0.15) is 4.52 Å². The van der Waals surface area contributed by atoms with Crippen LogP contribution in [0.5, 0.6) is 5.88 Å². The Bertz CT molecular complexity index is 898. The number of piperidine rings is 1. The molecule has 1 atom stereocenters. The van der Waals surface area contributed by atoms with Crippen LogP contribution in [0.15, 0.2) is 24.3 Å². The third-order valence-electron chi connectivity index (χ3n) is 4.94. The molecule has 0 amide bonds. The lowest BCUT2D eigenvalue weighted by Gasteiger charge is -2.36. The van der Waals surface area contributed by atoms with Gasteiger partial charge in [0.25, 0.3) is 0 Å². The number of hydrogen-bond acceptors (Lipinski definition) is 5. The van der Waals surface area contributed by atoms with Crippen molar-refractivity contribution in [2.45, 2.75) is 32.7 Å². The topological polar surface area (TPSA) is 53.7 Å². The molecule has 0 unspecified atom stereocenters. The van der Waals surface area contributed by atoms with Gasteiger partial charge in [0, 0.05) is 5.02 Å². The molecule has 1 aliphatic rings. The molecule has 0 bridgehead atoms. The van der Waals surface area contributed by atoms with Gasteiger partial charge in [-0.25, -0.2) is 4.98 Å². The number of aryl methyl sites for hydroxylation is 1. The molecule has 3 heterocycles. The number of aromatic nitrogens is 3. The maximum Gasteiger partial charge on any atom is 0.230 e. The molecule has 132 valence electrons. The van der Waals surface area contributed by atoms with E-state index in [1.54, 1.807) is 0 Å². The fourth-order valence-electron chi connectivity index (χ4n) is 3.51. The van der Waals surface area contributed by atoms with Crippen molar-refractivity contribution >= 4 is 27.9 Å². The van der Waals surface area contributed by atoms with Gasteiger partial charge in [0.1, 0.15) is 5.82 Å². The highest BCUT2D eigenvalue weighted by molar-refractivity contribution is 7.17. The van der Waals surface area contributed by atoms with E-state index in [0.29, 0.717) is 10.8 Å². The summed E-state index contributed by atoms with van der Waals surface area (Å²) in [6, 6.07) is 7.82. The summed E-state index contributed by atoms with van der Waals surface area (Å²) in [7, 11) is 0. The first-order valence-corrected chi connectivity index (χ1v) is 9.77. The number of aromatic hydroxyl groups is 1. The summed E-state index contributed by atoms with van der Waals surface area (Å²) < 4.78 is 1.53. The van der Waals surface area contributed by atoms with E-state index in [0.717, 1.165) is 47.3 Å². The Balaban J connectivity index is 1.83.